The first-order valence-electron chi connectivity index (χ1n) is 9.74. The molecule has 0 radical (unpaired) electrons. The number of guanidine groups is 1. The van der Waals surface area contributed by atoms with E-state index in [0.717, 1.165) is 64.7 Å². The molecule has 26 heavy (non-hydrogen) atoms. The Labute approximate surface area is 176 Å². The number of benzene rings is 1. The highest BCUT2D eigenvalue weighted by atomic mass is 127. The van der Waals surface area contributed by atoms with Crippen LogP contribution in [0.4, 0.5) is 0 Å². The molecule has 1 aliphatic heterocycles. The van der Waals surface area contributed by atoms with Gasteiger partial charge in [-0.1, -0.05) is 30.3 Å². The Morgan fingerprint density at radius 2 is 1.85 bits per heavy atom. The van der Waals surface area contributed by atoms with Crippen molar-refractivity contribution in [3.05, 3.63) is 35.9 Å². The van der Waals surface area contributed by atoms with Crippen LogP contribution in [0, 0.1) is 0 Å². The first kappa shape index (κ1) is 23.2. The number of unbranched alkanes of at least 4 members (excludes halogenated alkanes) is 1. The van der Waals surface area contributed by atoms with Crippen LogP contribution in [-0.4, -0.2) is 63.3 Å². The third-order valence-corrected chi connectivity index (χ3v) is 4.38. The van der Waals surface area contributed by atoms with Gasteiger partial charge in [-0.2, -0.15) is 0 Å². The summed E-state index contributed by atoms with van der Waals surface area (Å²) in [5.41, 5.74) is 1.39. The van der Waals surface area contributed by atoms with Crippen LogP contribution in [0.1, 0.15) is 31.7 Å². The van der Waals surface area contributed by atoms with E-state index in [1.54, 1.807) is 0 Å². The Balaban J connectivity index is 0.00000338. The number of halogens is 1. The molecular formula is C20H35IN4O. The van der Waals surface area contributed by atoms with Gasteiger partial charge in [-0.05, 0) is 44.7 Å². The van der Waals surface area contributed by atoms with Crippen molar-refractivity contribution in [2.45, 2.75) is 32.6 Å². The van der Waals surface area contributed by atoms with Crippen molar-refractivity contribution >= 4 is 29.9 Å². The van der Waals surface area contributed by atoms with Gasteiger partial charge in [-0.25, -0.2) is 0 Å². The highest BCUT2D eigenvalue weighted by Gasteiger charge is 2.08. The molecule has 1 fully saturated rings. The van der Waals surface area contributed by atoms with E-state index in [0.29, 0.717) is 0 Å². The molecule has 148 valence electrons. The topological polar surface area (TPSA) is 48.9 Å². The standard InChI is InChI=1S/C20H34N4O.HI/c1-2-21-20(23-13-8-11-19-9-4-3-5-10-19)22-12-6-7-14-24-15-17-25-18-16-24;/h3-5,9-10H,2,6-8,11-18H2,1H3,(H2,21,22,23);1H. The van der Waals surface area contributed by atoms with Crippen LogP contribution in [0.2, 0.25) is 0 Å². The minimum absolute atomic E-state index is 0. The van der Waals surface area contributed by atoms with Crippen molar-refractivity contribution < 1.29 is 4.74 Å². The number of ether oxygens (including phenoxy) is 1. The smallest absolute Gasteiger partial charge is 0.191 e. The third kappa shape index (κ3) is 10.3. The van der Waals surface area contributed by atoms with E-state index in [-0.39, 0.29) is 24.0 Å². The van der Waals surface area contributed by atoms with Gasteiger partial charge in [0.1, 0.15) is 0 Å². The van der Waals surface area contributed by atoms with E-state index in [4.69, 9.17) is 4.74 Å². The Kier molecular flexibility index (Phi) is 13.6. The number of aryl methyl sites for hydroxylation is 1. The maximum Gasteiger partial charge on any atom is 0.191 e. The van der Waals surface area contributed by atoms with Crippen molar-refractivity contribution in [3.63, 3.8) is 0 Å². The quantitative estimate of drug-likeness (QED) is 0.237. The van der Waals surface area contributed by atoms with Crippen LogP contribution in [-0.2, 0) is 11.2 Å². The van der Waals surface area contributed by atoms with Gasteiger partial charge in [0, 0.05) is 32.7 Å². The number of aliphatic imine (C=N–C) groups is 1. The predicted molar refractivity (Wildman–Crippen MR) is 121 cm³/mol. The van der Waals surface area contributed by atoms with Crippen molar-refractivity contribution in [1.29, 1.82) is 0 Å². The largest absolute Gasteiger partial charge is 0.379 e. The van der Waals surface area contributed by atoms with Gasteiger partial charge in [0.25, 0.3) is 0 Å². The Morgan fingerprint density at radius 1 is 1.08 bits per heavy atom. The maximum atomic E-state index is 5.38. The van der Waals surface area contributed by atoms with Crippen LogP contribution in [0.15, 0.2) is 35.3 Å². The van der Waals surface area contributed by atoms with Gasteiger partial charge in [0.05, 0.1) is 13.2 Å². The zero-order valence-electron chi connectivity index (χ0n) is 16.1. The number of nitrogens with one attached hydrogen (secondary N) is 2. The number of morpholine rings is 1. The fraction of sp³-hybridized carbons (Fsp3) is 0.650. The minimum atomic E-state index is 0. The fourth-order valence-electron chi connectivity index (χ4n) is 2.95. The molecule has 0 unspecified atom stereocenters. The lowest BCUT2D eigenvalue weighted by molar-refractivity contribution is 0.0372. The van der Waals surface area contributed by atoms with Crippen molar-refractivity contribution in [2.75, 3.05) is 52.5 Å². The summed E-state index contributed by atoms with van der Waals surface area (Å²) < 4.78 is 5.38. The zero-order chi connectivity index (χ0) is 17.6. The third-order valence-electron chi connectivity index (χ3n) is 4.38. The molecular weight excluding hydrogens is 439 g/mol. The van der Waals surface area contributed by atoms with Gasteiger partial charge >= 0.3 is 0 Å². The molecule has 0 atom stereocenters. The van der Waals surface area contributed by atoms with E-state index in [2.05, 4.69) is 57.8 Å². The summed E-state index contributed by atoms with van der Waals surface area (Å²) in [4.78, 5) is 7.18. The monoisotopic (exact) mass is 474 g/mol. The molecule has 0 aliphatic carbocycles. The van der Waals surface area contributed by atoms with Gasteiger partial charge < -0.3 is 15.4 Å². The predicted octanol–water partition coefficient (Wildman–Crippen LogP) is 2.90. The second kappa shape index (κ2) is 15.2. The zero-order valence-corrected chi connectivity index (χ0v) is 18.4. The van der Waals surface area contributed by atoms with Crippen LogP contribution in [0.3, 0.4) is 0 Å². The molecule has 5 nitrogen and oxygen atoms in total. The first-order valence-corrected chi connectivity index (χ1v) is 9.74. The molecule has 0 bridgehead atoms. The molecule has 1 aromatic rings. The number of hydrogen-bond donors (Lipinski definition) is 2. The molecule has 0 amide bonds. The molecule has 2 rings (SSSR count). The average molecular weight is 474 g/mol. The molecule has 1 saturated heterocycles. The summed E-state index contributed by atoms with van der Waals surface area (Å²) in [7, 11) is 0. The summed E-state index contributed by atoms with van der Waals surface area (Å²) in [5.74, 6) is 0.946. The van der Waals surface area contributed by atoms with Gasteiger partial charge in [-0.15, -0.1) is 24.0 Å². The summed E-state index contributed by atoms with van der Waals surface area (Å²) in [6, 6.07) is 10.6. The highest BCUT2D eigenvalue weighted by Crippen LogP contribution is 2.02. The molecule has 0 aromatic heterocycles. The van der Waals surface area contributed by atoms with E-state index >= 15 is 0 Å². The van der Waals surface area contributed by atoms with Crippen LogP contribution < -0.4 is 10.6 Å². The van der Waals surface area contributed by atoms with Crippen LogP contribution >= 0.6 is 24.0 Å². The second-order valence-corrected chi connectivity index (χ2v) is 6.44. The molecule has 0 saturated carbocycles. The van der Waals surface area contributed by atoms with E-state index < -0.39 is 0 Å². The Bertz CT molecular complexity index is 478. The molecule has 1 aromatic carbocycles. The average Bonchev–Trinajstić information content (AvgIpc) is 2.66. The van der Waals surface area contributed by atoms with E-state index in [9.17, 15) is 0 Å². The number of hydrogen-bond acceptors (Lipinski definition) is 3. The van der Waals surface area contributed by atoms with E-state index in [1.807, 2.05) is 0 Å². The molecule has 0 spiro atoms. The normalized spacial score (nSPS) is 15.3. The Hall–Kier alpha value is -0.860. The van der Waals surface area contributed by atoms with Crippen molar-refractivity contribution in [3.8, 4) is 0 Å². The summed E-state index contributed by atoms with van der Waals surface area (Å²) in [5, 5.41) is 6.79. The number of nitrogens with zero attached hydrogens (tertiary/aromatic N) is 2. The minimum Gasteiger partial charge on any atom is -0.379 e. The maximum absolute atomic E-state index is 5.38. The molecule has 1 heterocycles. The molecule has 6 heteroatoms. The summed E-state index contributed by atoms with van der Waals surface area (Å²) >= 11 is 0. The van der Waals surface area contributed by atoms with Crippen molar-refractivity contribution in [1.82, 2.24) is 15.5 Å². The summed E-state index contributed by atoms with van der Waals surface area (Å²) in [6.07, 6.45) is 4.56. The first-order chi connectivity index (χ1) is 12.4. The fourth-order valence-corrected chi connectivity index (χ4v) is 2.95. The highest BCUT2D eigenvalue weighted by molar-refractivity contribution is 14.0. The second-order valence-electron chi connectivity index (χ2n) is 6.44. The van der Waals surface area contributed by atoms with Gasteiger partial charge in [-0.3, -0.25) is 9.89 Å². The molecule has 2 N–H and O–H groups in total. The SMILES string of the molecule is CCNC(=NCCCc1ccccc1)NCCCCN1CCOCC1.I. The number of rotatable bonds is 10. The lowest BCUT2D eigenvalue weighted by Gasteiger charge is -2.26. The lowest BCUT2D eigenvalue weighted by atomic mass is 10.1. The van der Waals surface area contributed by atoms with Crippen molar-refractivity contribution in [2.24, 2.45) is 4.99 Å². The lowest BCUT2D eigenvalue weighted by Crippen LogP contribution is -2.39. The Morgan fingerprint density at radius 3 is 2.58 bits per heavy atom. The molecule has 1 aliphatic rings. The van der Waals surface area contributed by atoms with Gasteiger partial charge in [0.2, 0.25) is 0 Å². The van der Waals surface area contributed by atoms with Crippen LogP contribution in [0.5, 0.6) is 0 Å². The van der Waals surface area contributed by atoms with Gasteiger partial charge in [0.15, 0.2) is 5.96 Å². The summed E-state index contributed by atoms with van der Waals surface area (Å²) in [6.45, 7) is 9.97. The van der Waals surface area contributed by atoms with E-state index in [1.165, 1.54) is 24.9 Å². The van der Waals surface area contributed by atoms with Crippen LogP contribution in [0.25, 0.3) is 0 Å².